The van der Waals surface area contributed by atoms with Crippen molar-refractivity contribution in [2.75, 3.05) is 26.2 Å². The molecular weight excluding hydrogens is 460 g/mol. The Morgan fingerprint density at radius 2 is 0.816 bits per heavy atom. The molecule has 210 valence electrons. The van der Waals surface area contributed by atoms with E-state index in [0.29, 0.717) is 12.1 Å². The number of rotatable bonds is 20. The Labute approximate surface area is 236 Å². The van der Waals surface area contributed by atoms with Crippen molar-refractivity contribution >= 4 is 0 Å². The van der Waals surface area contributed by atoms with Gasteiger partial charge in [0.15, 0.2) is 0 Å². The van der Waals surface area contributed by atoms with E-state index in [4.69, 9.17) is 0 Å². The molecule has 2 atom stereocenters. The van der Waals surface area contributed by atoms with Crippen LogP contribution in [0.15, 0.2) is 60.7 Å². The van der Waals surface area contributed by atoms with Gasteiger partial charge in [-0.25, -0.2) is 0 Å². The second-order valence-electron chi connectivity index (χ2n) is 10.9. The van der Waals surface area contributed by atoms with Crippen molar-refractivity contribution in [3.63, 3.8) is 0 Å². The molecule has 0 bridgehead atoms. The molecule has 2 rings (SSSR count). The fraction of sp³-hybridized carbons (Fsp3) is 0.611. The number of unbranched alkanes of at least 4 members (excludes halogenated alkanes) is 4. The second-order valence-corrected chi connectivity index (χ2v) is 10.9. The Morgan fingerprint density at radius 1 is 0.500 bits per heavy atom. The maximum absolute atomic E-state index is 3.91. The Balaban J connectivity index is 2.31. The van der Waals surface area contributed by atoms with Gasteiger partial charge < -0.3 is 0 Å². The van der Waals surface area contributed by atoms with Crippen LogP contribution < -0.4 is 0 Å². The molecule has 0 aromatic heterocycles. The zero-order chi connectivity index (χ0) is 27.3. The van der Waals surface area contributed by atoms with E-state index in [9.17, 15) is 0 Å². The largest absolute Gasteiger partial charge is 0.290 e. The standard InChI is InChI=1S/C36H56N2/c1-5-9-29-37(30-10-6-2)35(25-23-33-19-15-13-16-20-33)27-28-36(26-24-34-21-17-14-18-22-34)38(31-11-7-3)32-12-8-4/h13-22,35-36H,5-12,23-26,29-32H2,1-4H3. The van der Waals surface area contributed by atoms with Crippen LogP contribution in [-0.2, 0) is 12.8 Å². The predicted octanol–water partition coefficient (Wildman–Crippen LogP) is 8.80. The van der Waals surface area contributed by atoms with Gasteiger partial charge in [-0.2, -0.15) is 0 Å². The van der Waals surface area contributed by atoms with Crippen LogP contribution in [0.5, 0.6) is 0 Å². The smallest absolute Gasteiger partial charge is 0.0718 e. The van der Waals surface area contributed by atoms with Crippen molar-refractivity contribution in [3.8, 4) is 11.8 Å². The molecule has 0 N–H and O–H groups in total. The van der Waals surface area contributed by atoms with E-state index in [2.05, 4.69) is 110 Å². The molecule has 2 heteroatoms. The quantitative estimate of drug-likeness (QED) is 0.162. The monoisotopic (exact) mass is 516 g/mol. The number of nitrogens with zero attached hydrogens (tertiary/aromatic N) is 2. The third-order valence-electron chi connectivity index (χ3n) is 7.59. The average molecular weight is 517 g/mol. The third-order valence-corrected chi connectivity index (χ3v) is 7.59. The first-order valence-electron chi connectivity index (χ1n) is 15.8. The highest BCUT2D eigenvalue weighted by molar-refractivity contribution is 5.20. The van der Waals surface area contributed by atoms with Gasteiger partial charge >= 0.3 is 0 Å². The first-order chi connectivity index (χ1) is 18.7. The summed E-state index contributed by atoms with van der Waals surface area (Å²) in [5, 5.41) is 0. The van der Waals surface area contributed by atoms with Gasteiger partial charge in [0, 0.05) is 0 Å². The van der Waals surface area contributed by atoms with Crippen molar-refractivity contribution in [1.82, 2.24) is 9.80 Å². The zero-order valence-electron chi connectivity index (χ0n) is 25.1. The van der Waals surface area contributed by atoms with Crippen LogP contribution in [0, 0.1) is 11.8 Å². The Morgan fingerprint density at radius 3 is 1.11 bits per heavy atom. The summed E-state index contributed by atoms with van der Waals surface area (Å²) in [6, 6.07) is 22.6. The van der Waals surface area contributed by atoms with E-state index >= 15 is 0 Å². The fourth-order valence-corrected chi connectivity index (χ4v) is 5.07. The van der Waals surface area contributed by atoms with Gasteiger partial charge in [0.25, 0.3) is 0 Å². The number of aryl methyl sites for hydroxylation is 2. The van der Waals surface area contributed by atoms with Crippen LogP contribution in [0.25, 0.3) is 0 Å². The van der Waals surface area contributed by atoms with Crippen molar-refractivity contribution in [1.29, 1.82) is 0 Å². The topological polar surface area (TPSA) is 6.48 Å². The summed E-state index contributed by atoms with van der Waals surface area (Å²) in [6.07, 6.45) is 14.4. The van der Waals surface area contributed by atoms with Crippen LogP contribution in [-0.4, -0.2) is 48.1 Å². The van der Waals surface area contributed by atoms with Gasteiger partial charge in [-0.1, -0.05) is 126 Å². The van der Waals surface area contributed by atoms with Crippen molar-refractivity contribution in [2.45, 2.75) is 117 Å². The summed E-state index contributed by atoms with van der Waals surface area (Å²) in [7, 11) is 0. The van der Waals surface area contributed by atoms with Crippen LogP contribution in [0.2, 0.25) is 0 Å². The van der Waals surface area contributed by atoms with Gasteiger partial charge in [0.1, 0.15) is 0 Å². The number of benzene rings is 2. The maximum Gasteiger partial charge on any atom is 0.0718 e. The molecule has 0 heterocycles. The molecule has 0 radical (unpaired) electrons. The Kier molecular flexibility index (Phi) is 17.6. The molecule has 38 heavy (non-hydrogen) atoms. The minimum absolute atomic E-state index is 0.326. The number of hydrogen-bond donors (Lipinski definition) is 0. The van der Waals surface area contributed by atoms with E-state index in [1.54, 1.807) is 0 Å². The third kappa shape index (κ3) is 13.1. The minimum Gasteiger partial charge on any atom is -0.290 e. The van der Waals surface area contributed by atoms with Gasteiger partial charge in [0.2, 0.25) is 0 Å². The summed E-state index contributed by atoms with van der Waals surface area (Å²) >= 11 is 0. The molecule has 0 spiro atoms. The lowest BCUT2D eigenvalue weighted by molar-refractivity contribution is 0.213. The van der Waals surface area contributed by atoms with Crippen LogP contribution in [0.3, 0.4) is 0 Å². The molecule has 0 saturated heterocycles. The highest BCUT2D eigenvalue weighted by atomic mass is 15.2. The average Bonchev–Trinajstić information content (AvgIpc) is 2.96. The van der Waals surface area contributed by atoms with Gasteiger partial charge in [-0.05, 0) is 88.7 Å². The summed E-state index contributed by atoms with van der Waals surface area (Å²) in [4.78, 5) is 5.42. The van der Waals surface area contributed by atoms with Crippen LogP contribution in [0.1, 0.15) is 103 Å². The highest BCUT2D eigenvalue weighted by Crippen LogP contribution is 2.16. The van der Waals surface area contributed by atoms with E-state index in [1.807, 2.05) is 0 Å². The molecule has 0 saturated carbocycles. The molecule has 2 nitrogen and oxygen atoms in total. The van der Waals surface area contributed by atoms with Crippen LogP contribution in [0.4, 0.5) is 0 Å². The lowest BCUT2D eigenvalue weighted by Gasteiger charge is -2.30. The first kappa shape index (κ1) is 32.1. The van der Waals surface area contributed by atoms with E-state index in [1.165, 1.54) is 62.5 Å². The summed E-state index contributed by atoms with van der Waals surface area (Å²) in [5.74, 6) is 7.82. The van der Waals surface area contributed by atoms with E-state index < -0.39 is 0 Å². The molecule has 0 aliphatic carbocycles. The minimum atomic E-state index is 0.326. The zero-order valence-corrected chi connectivity index (χ0v) is 25.1. The molecule has 2 aromatic carbocycles. The first-order valence-corrected chi connectivity index (χ1v) is 15.8. The molecular formula is C36H56N2. The van der Waals surface area contributed by atoms with Crippen LogP contribution >= 0.6 is 0 Å². The van der Waals surface area contributed by atoms with Crippen molar-refractivity contribution in [3.05, 3.63) is 71.8 Å². The van der Waals surface area contributed by atoms with Gasteiger partial charge in [-0.3, -0.25) is 9.80 Å². The lowest BCUT2D eigenvalue weighted by atomic mass is 10.0. The predicted molar refractivity (Wildman–Crippen MR) is 168 cm³/mol. The second kappa shape index (κ2) is 20.8. The molecule has 0 amide bonds. The normalized spacial score (nSPS) is 12.9. The Bertz CT molecular complexity index is 779. The molecule has 2 unspecified atom stereocenters. The summed E-state index contributed by atoms with van der Waals surface area (Å²) in [5.41, 5.74) is 2.86. The molecule has 0 aliphatic heterocycles. The SMILES string of the molecule is CCCCN(CCCC)C(C#CC(CCc1ccccc1)N(CCCC)CCCC)CCc1ccccc1. The Hall–Kier alpha value is -2.08. The summed E-state index contributed by atoms with van der Waals surface area (Å²) < 4.78 is 0. The lowest BCUT2D eigenvalue weighted by Crippen LogP contribution is -2.39. The van der Waals surface area contributed by atoms with E-state index in [0.717, 1.165) is 51.9 Å². The van der Waals surface area contributed by atoms with Gasteiger partial charge in [0.05, 0.1) is 12.1 Å². The maximum atomic E-state index is 3.91. The summed E-state index contributed by atoms with van der Waals surface area (Å²) in [6.45, 7) is 13.9. The fourth-order valence-electron chi connectivity index (χ4n) is 5.07. The molecule has 0 fully saturated rings. The molecule has 2 aromatic rings. The van der Waals surface area contributed by atoms with Crippen molar-refractivity contribution < 1.29 is 0 Å². The number of hydrogen-bond acceptors (Lipinski definition) is 2. The van der Waals surface area contributed by atoms with E-state index in [-0.39, 0.29) is 0 Å². The molecule has 0 aliphatic rings. The van der Waals surface area contributed by atoms with Crippen molar-refractivity contribution in [2.24, 2.45) is 0 Å². The highest BCUT2D eigenvalue weighted by Gasteiger charge is 2.19. The van der Waals surface area contributed by atoms with Gasteiger partial charge in [-0.15, -0.1) is 0 Å².